The molecule has 3 nitrogen and oxygen atoms in total. The maximum absolute atomic E-state index is 11.5. The first kappa shape index (κ1) is 13.7. The Balaban J connectivity index is 1.94. The summed E-state index contributed by atoms with van der Waals surface area (Å²) < 4.78 is 10.1. The molecule has 0 bridgehead atoms. The molecule has 19 heavy (non-hydrogen) atoms. The molecule has 0 aliphatic rings. The molecule has 0 aliphatic carbocycles. The van der Waals surface area contributed by atoms with E-state index < -0.39 is 5.97 Å². The van der Waals surface area contributed by atoms with Crippen molar-refractivity contribution in [1.82, 2.24) is 0 Å². The Kier molecular flexibility index (Phi) is 4.66. The Bertz CT molecular complexity index is 568. The van der Waals surface area contributed by atoms with Crippen LogP contribution in [-0.2, 0) is 16.1 Å². The van der Waals surface area contributed by atoms with E-state index in [0.717, 1.165) is 0 Å². The molecule has 0 fully saturated rings. The van der Waals surface area contributed by atoms with Gasteiger partial charge in [0.2, 0.25) is 0 Å². The lowest BCUT2D eigenvalue weighted by molar-refractivity contribution is -0.138. The molecule has 1 heterocycles. The highest BCUT2D eigenvalue weighted by Crippen LogP contribution is 2.24. The summed E-state index contributed by atoms with van der Waals surface area (Å²) in [5.41, 5.74) is 0.589. The molecule has 0 aliphatic heterocycles. The molecule has 0 saturated heterocycles. The van der Waals surface area contributed by atoms with E-state index in [0.29, 0.717) is 21.4 Å². The molecule has 0 spiro atoms. The van der Waals surface area contributed by atoms with E-state index in [9.17, 15) is 4.79 Å². The number of carbonyl (C=O) groups excluding carboxylic acids is 1. The van der Waals surface area contributed by atoms with Gasteiger partial charge in [-0.05, 0) is 30.3 Å². The molecule has 0 N–H and O–H groups in total. The van der Waals surface area contributed by atoms with Gasteiger partial charge in [-0.3, -0.25) is 0 Å². The second-order valence-corrected chi connectivity index (χ2v) is 4.47. The maximum atomic E-state index is 11.5. The zero-order chi connectivity index (χ0) is 13.7. The van der Waals surface area contributed by atoms with Crippen molar-refractivity contribution in [2.24, 2.45) is 0 Å². The molecule has 2 rings (SSSR count). The molecular formula is C14H10Cl2O3. The average molecular weight is 297 g/mol. The number of benzene rings is 1. The Hall–Kier alpha value is -1.71. The highest BCUT2D eigenvalue weighted by Gasteiger charge is 2.07. The second-order valence-electron chi connectivity index (χ2n) is 3.66. The first-order valence-corrected chi connectivity index (χ1v) is 6.23. The number of furan rings is 1. The number of halogens is 2. The van der Waals surface area contributed by atoms with Crippen LogP contribution in [0.25, 0.3) is 6.08 Å². The number of hydrogen-bond donors (Lipinski definition) is 0. The van der Waals surface area contributed by atoms with Crippen LogP contribution in [-0.4, -0.2) is 5.97 Å². The Labute approximate surface area is 120 Å². The lowest BCUT2D eigenvalue weighted by Crippen LogP contribution is -2.01. The largest absolute Gasteiger partial charge is 0.465 e. The number of esters is 1. The van der Waals surface area contributed by atoms with Crippen molar-refractivity contribution in [2.45, 2.75) is 6.61 Å². The van der Waals surface area contributed by atoms with Gasteiger partial charge >= 0.3 is 5.97 Å². The van der Waals surface area contributed by atoms with Crippen LogP contribution >= 0.6 is 23.2 Å². The van der Waals surface area contributed by atoms with E-state index in [1.165, 1.54) is 18.4 Å². The third kappa shape index (κ3) is 3.88. The number of ether oxygens (including phenoxy) is 1. The van der Waals surface area contributed by atoms with Gasteiger partial charge in [0.1, 0.15) is 12.4 Å². The minimum atomic E-state index is -0.493. The third-order valence-corrected chi connectivity index (χ3v) is 3.06. The van der Waals surface area contributed by atoms with E-state index in [1.807, 2.05) is 0 Å². The Morgan fingerprint density at radius 1 is 1.21 bits per heavy atom. The molecule has 2 aromatic rings. The Morgan fingerprint density at radius 3 is 2.58 bits per heavy atom. The second kappa shape index (κ2) is 6.45. The molecular weight excluding hydrogens is 287 g/mol. The summed E-state index contributed by atoms with van der Waals surface area (Å²) in [6.07, 6.45) is 4.33. The van der Waals surface area contributed by atoms with Crippen LogP contribution in [0.2, 0.25) is 10.0 Å². The first-order valence-electron chi connectivity index (χ1n) is 5.48. The zero-order valence-corrected chi connectivity index (χ0v) is 11.3. The van der Waals surface area contributed by atoms with Gasteiger partial charge in [-0.15, -0.1) is 0 Å². The van der Waals surface area contributed by atoms with Crippen LogP contribution in [0.4, 0.5) is 0 Å². The van der Waals surface area contributed by atoms with Crippen molar-refractivity contribution >= 4 is 35.2 Å². The van der Waals surface area contributed by atoms with Crippen LogP contribution in [0.15, 0.2) is 47.1 Å². The summed E-state index contributed by atoms with van der Waals surface area (Å²) in [6, 6.07) is 8.57. The molecule has 0 radical (unpaired) electrons. The van der Waals surface area contributed by atoms with Gasteiger partial charge in [-0.1, -0.05) is 29.3 Å². The third-order valence-electron chi connectivity index (χ3n) is 2.35. The summed E-state index contributed by atoms with van der Waals surface area (Å²) in [7, 11) is 0. The monoisotopic (exact) mass is 296 g/mol. The molecule has 5 heteroatoms. The number of rotatable bonds is 4. The van der Waals surface area contributed by atoms with E-state index in [-0.39, 0.29) is 6.61 Å². The standard InChI is InChI=1S/C14H10Cl2O3/c15-12-4-1-5-13(16)11(12)9-19-14(17)7-6-10-3-2-8-18-10/h1-8H,9H2. The minimum absolute atomic E-state index is 0.0276. The van der Waals surface area contributed by atoms with Gasteiger partial charge in [0.15, 0.2) is 0 Å². The van der Waals surface area contributed by atoms with Gasteiger partial charge in [0, 0.05) is 21.7 Å². The van der Waals surface area contributed by atoms with Crippen LogP contribution in [0.1, 0.15) is 11.3 Å². The van der Waals surface area contributed by atoms with E-state index >= 15 is 0 Å². The number of carbonyl (C=O) groups is 1. The van der Waals surface area contributed by atoms with Gasteiger partial charge in [0.05, 0.1) is 6.26 Å². The lowest BCUT2D eigenvalue weighted by atomic mass is 10.2. The van der Waals surface area contributed by atoms with Crippen molar-refractivity contribution in [1.29, 1.82) is 0 Å². The predicted molar refractivity (Wildman–Crippen MR) is 74.0 cm³/mol. The predicted octanol–water partition coefficient (Wildman–Crippen LogP) is 4.34. The molecule has 1 aromatic heterocycles. The number of hydrogen-bond acceptors (Lipinski definition) is 3. The van der Waals surface area contributed by atoms with E-state index in [1.54, 1.807) is 30.3 Å². The first-order chi connectivity index (χ1) is 9.16. The molecule has 1 aromatic carbocycles. The quantitative estimate of drug-likeness (QED) is 0.622. The summed E-state index contributed by atoms with van der Waals surface area (Å²) in [4.78, 5) is 11.5. The van der Waals surface area contributed by atoms with Crippen molar-refractivity contribution in [3.8, 4) is 0 Å². The fraction of sp³-hybridized carbons (Fsp3) is 0.0714. The van der Waals surface area contributed by atoms with E-state index in [2.05, 4.69) is 0 Å². The normalized spacial score (nSPS) is 10.8. The van der Waals surface area contributed by atoms with Gasteiger partial charge in [-0.25, -0.2) is 4.79 Å². The van der Waals surface area contributed by atoms with Crippen molar-refractivity contribution < 1.29 is 13.9 Å². The van der Waals surface area contributed by atoms with Gasteiger partial charge in [0.25, 0.3) is 0 Å². The summed E-state index contributed by atoms with van der Waals surface area (Å²) >= 11 is 11.9. The van der Waals surface area contributed by atoms with Crippen molar-refractivity contribution in [3.05, 3.63) is 64.0 Å². The zero-order valence-electron chi connectivity index (χ0n) is 9.81. The van der Waals surface area contributed by atoms with Crippen LogP contribution in [0.3, 0.4) is 0 Å². The fourth-order valence-electron chi connectivity index (χ4n) is 1.40. The van der Waals surface area contributed by atoms with E-state index in [4.69, 9.17) is 32.4 Å². The van der Waals surface area contributed by atoms with Crippen LogP contribution in [0.5, 0.6) is 0 Å². The average Bonchev–Trinajstić information content (AvgIpc) is 2.89. The van der Waals surface area contributed by atoms with Crippen LogP contribution < -0.4 is 0 Å². The summed E-state index contributed by atoms with van der Waals surface area (Å²) in [5, 5.41) is 0.936. The van der Waals surface area contributed by atoms with Crippen LogP contribution in [0, 0.1) is 0 Å². The minimum Gasteiger partial charge on any atom is -0.465 e. The SMILES string of the molecule is O=C(C=Cc1ccco1)OCc1c(Cl)cccc1Cl. The Morgan fingerprint density at radius 2 is 1.95 bits per heavy atom. The lowest BCUT2D eigenvalue weighted by Gasteiger charge is -2.06. The smallest absolute Gasteiger partial charge is 0.331 e. The van der Waals surface area contributed by atoms with Crippen molar-refractivity contribution in [3.63, 3.8) is 0 Å². The van der Waals surface area contributed by atoms with Gasteiger partial charge in [-0.2, -0.15) is 0 Å². The maximum Gasteiger partial charge on any atom is 0.331 e. The fourth-order valence-corrected chi connectivity index (χ4v) is 1.90. The topological polar surface area (TPSA) is 39.4 Å². The molecule has 0 saturated carbocycles. The molecule has 0 atom stereocenters. The highest BCUT2D eigenvalue weighted by molar-refractivity contribution is 6.35. The molecule has 0 amide bonds. The molecule has 0 unspecified atom stereocenters. The summed E-state index contributed by atoms with van der Waals surface area (Å²) in [5.74, 6) is 0.0834. The van der Waals surface area contributed by atoms with Crippen molar-refractivity contribution in [2.75, 3.05) is 0 Å². The highest BCUT2D eigenvalue weighted by atomic mass is 35.5. The van der Waals surface area contributed by atoms with Gasteiger partial charge < -0.3 is 9.15 Å². The summed E-state index contributed by atoms with van der Waals surface area (Å²) in [6.45, 7) is 0.0276. The molecule has 98 valence electrons.